The second kappa shape index (κ2) is 2.84. The Morgan fingerprint density at radius 2 is 2.30 bits per heavy atom. The maximum atomic E-state index is 10.5. The van der Waals surface area contributed by atoms with Crippen molar-refractivity contribution in [3.63, 3.8) is 0 Å². The summed E-state index contributed by atoms with van der Waals surface area (Å²) in [5.74, 6) is -0.797. The van der Waals surface area contributed by atoms with Crippen LogP contribution in [0.2, 0.25) is 0 Å². The number of carboxylic acids is 1. The predicted octanol–water partition coefficient (Wildman–Crippen LogP) is 0.331. The van der Waals surface area contributed by atoms with Crippen molar-refractivity contribution in [3.8, 4) is 0 Å². The number of carbonyl (C=O) groups is 1. The summed E-state index contributed by atoms with van der Waals surface area (Å²) in [6.45, 7) is 5.25. The van der Waals surface area contributed by atoms with E-state index >= 15 is 0 Å². The summed E-state index contributed by atoms with van der Waals surface area (Å²) in [6.07, 6.45) is 2.58. The molecule has 1 fully saturated rings. The minimum atomic E-state index is -0.797. The van der Waals surface area contributed by atoms with Gasteiger partial charge in [-0.2, -0.15) is 0 Å². The van der Waals surface area contributed by atoms with Crippen molar-refractivity contribution in [3.05, 3.63) is 12.7 Å². The lowest BCUT2D eigenvalue weighted by Gasteiger charge is -2.34. The van der Waals surface area contributed by atoms with Gasteiger partial charge in [-0.1, -0.05) is 6.08 Å². The second-order valence-corrected chi connectivity index (χ2v) is 2.41. The van der Waals surface area contributed by atoms with Crippen molar-refractivity contribution in [1.29, 1.82) is 0 Å². The molecular formula is C7H11NO2. The molecule has 0 bridgehead atoms. The molecule has 0 saturated carbocycles. The maximum absolute atomic E-state index is 10.5. The Kier molecular flexibility index (Phi) is 2.06. The van der Waals surface area contributed by atoms with Gasteiger partial charge in [-0.3, -0.25) is 9.69 Å². The highest BCUT2D eigenvalue weighted by atomic mass is 16.4. The fraction of sp³-hybridized carbons (Fsp3) is 0.571. The molecule has 10 heavy (non-hydrogen) atoms. The van der Waals surface area contributed by atoms with Gasteiger partial charge < -0.3 is 5.11 Å². The lowest BCUT2D eigenvalue weighted by molar-refractivity contribution is -0.142. The number of hydrogen-bond acceptors (Lipinski definition) is 2. The van der Waals surface area contributed by atoms with Gasteiger partial charge >= 0.3 is 5.97 Å². The van der Waals surface area contributed by atoms with Crippen LogP contribution in [0.25, 0.3) is 0 Å². The normalized spacial score (nSPS) is 21.2. The summed E-state index contributed by atoms with van der Waals surface area (Å²) in [6, 6.07) is -0.464. The van der Waals surface area contributed by atoms with E-state index < -0.39 is 12.0 Å². The third-order valence-electron chi connectivity index (χ3n) is 1.76. The van der Waals surface area contributed by atoms with E-state index in [4.69, 9.17) is 5.11 Å². The summed E-state index contributed by atoms with van der Waals surface area (Å²) >= 11 is 0. The van der Waals surface area contributed by atoms with E-state index in [9.17, 15) is 4.79 Å². The van der Waals surface area contributed by atoms with Crippen molar-refractivity contribution >= 4 is 5.97 Å². The van der Waals surface area contributed by atoms with Gasteiger partial charge in [0.2, 0.25) is 0 Å². The van der Waals surface area contributed by atoms with Gasteiger partial charge in [-0.25, -0.2) is 0 Å². The lowest BCUT2D eigenvalue weighted by atomic mass is 10.1. The number of hydrogen-bond donors (Lipinski definition) is 1. The number of rotatable bonds is 3. The van der Waals surface area contributed by atoms with Crippen LogP contribution in [0.1, 0.15) is 6.42 Å². The van der Waals surface area contributed by atoms with E-state index in [0.29, 0.717) is 0 Å². The number of carboxylic acid groups (broad SMARTS) is 1. The summed E-state index contributed by atoms with van der Waals surface area (Å²) in [7, 11) is 0. The van der Waals surface area contributed by atoms with E-state index in [1.807, 2.05) is 4.90 Å². The van der Waals surface area contributed by atoms with Gasteiger partial charge in [0.15, 0.2) is 0 Å². The average Bonchev–Trinajstić information content (AvgIpc) is 1.76. The van der Waals surface area contributed by atoms with Crippen LogP contribution in [0.4, 0.5) is 0 Å². The van der Waals surface area contributed by atoms with Crippen molar-refractivity contribution in [2.75, 3.05) is 13.1 Å². The van der Waals surface area contributed by atoms with Crippen molar-refractivity contribution in [2.24, 2.45) is 0 Å². The molecule has 1 rings (SSSR count). The Balaban J connectivity index is 2.46. The third kappa shape index (κ3) is 1.19. The number of nitrogens with zero attached hydrogens (tertiary/aromatic N) is 1. The molecule has 1 heterocycles. The smallest absolute Gasteiger partial charge is 0.324 e. The first kappa shape index (κ1) is 7.28. The standard InChI is InChI=1S/C7H11NO2/c1-2-6(7(9)10)8-4-3-5-8/h2,6H,1,3-5H2,(H,9,10). The summed E-state index contributed by atoms with van der Waals surface area (Å²) in [5.41, 5.74) is 0. The van der Waals surface area contributed by atoms with E-state index in [-0.39, 0.29) is 0 Å². The lowest BCUT2D eigenvalue weighted by Crippen LogP contribution is -2.47. The van der Waals surface area contributed by atoms with Crippen molar-refractivity contribution < 1.29 is 9.90 Å². The fourth-order valence-electron chi connectivity index (χ4n) is 1.02. The topological polar surface area (TPSA) is 40.5 Å². The largest absolute Gasteiger partial charge is 0.480 e. The van der Waals surface area contributed by atoms with E-state index in [1.54, 1.807) is 0 Å². The maximum Gasteiger partial charge on any atom is 0.324 e. The molecule has 0 spiro atoms. The van der Waals surface area contributed by atoms with E-state index in [1.165, 1.54) is 6.08 Å². The summed E-state index contributed by atoms with van der Waals surface area (Å²) in [4.78, 5) is 12.3. The highest BCUT2D eigenvalue weighted by Crippen LogP contribution is 2.11. The van der Waals surface area contributed by atoms with Crippen LogP contribution in [-0.4, -0.2) is 35.1 Å². The summed E-state index contributed by atoms with van der Waals surface area (Å²) < 4.78 is 0. The van der Waals surface area contributed by atoms with Crippen LogP contribution in [0.3, 0.4) is 0 Å². The van der Waals surface area contributed by atoms with Crippen molar-refractivity contribution in [1.82, 2.24) is 4.90 Å². The van der Waals surface area contributed by atoms with Gasteiger partial charge in [0.1, 0.15) is 6.04 Å². The highest BCUT2D eigenvalue weighted by Gasteiger charge is 2.26. The molecule has 1 atom stereocenters. The summed E-state index contributed by atoms with van der Waals surface area (Å²) in [5, 5.41) is 8.60. The molecule has 3 nitrogen and oxygen atoms in total. The van der Waals surface area contributed by atoms with Crippen LogP contribution >= 0.6 is 0 Å². The molecular weight excluding hydrogens is 130 g/mol. The molecule has 3 heteroatoms. The minimum Gasteiger partial charge on any atom is -0.480 e. The SMILES string of the molecule is C=CC(C(=O)O)N1CCC1. The first-order chi connectivity index (χ1) is 4.75. The second-order valence-electron chi connectivity index (χ2n) is 2.41. The Bertz CT molecular complexity index is 152. The fourth-order valence-corrected chi connectivity index (χ4v) is 1.02. The zero-order valence-corrected chi connectivity index (χ0v) is 5.79. The van der Waals surface area contributed by atoms with E-state index in [2.05, 4.69) is 6.58 Å². The molecule has 56 valence electrons. The zero-order valence-electron chi connectivity index (χ0n) is 5.79. The Morgan fingerprint density at radius 3 is 2.40 bits per heavy atom. The molecule has 1 N–H and O–H groups in total. The molecule has 0 radical (unpaired) electrons. The van der Waals surface area contributed by atoms with Crippen LogP contribution in [0.15, 0.2) is 12.7 Å². The molecule has 0 aromatic carbocycles. The first-order valence-electron chi connectivity index (χ1n) is 3.35. The molecule has 1 saturated heterocycles. The monoisotopic (exact) mass is 141 g/mol. The number of aliphatic carboxylic acids is 1. The molecule has 0 aliphatic carbocycles. The number of likely N-dealkylation sites (tertiary alicyclic amines) is 1. The van der Waals surface area contributed by atoms with Gasteiger partial charge in [-0.15, -0.1) is 6.58 Å². The van der Waals surface area contributed by atoms with E-state index in [0.717, 1.165) is 19.5 Å². The van der Waals surface area contributed by atoms with Gasteiger partial charge in [0.05, 0.1) is 0 Å². The Morgan fingerprint density at radius 1 is 1.70 bits per heavy atom. The van der Waals surface area contributed by atoms with Crippen LogP contribution < -0.4 is 0 Å². The Hall–Kier alpha value is -0.830. The molecule has 1 unspecified atom stereocenters. The molecule has 1 aliphatic heterocycles. The van der Waals surface area contributed by atoms with Crippen LogP contribution in [-0.2, 0) is 4.79 Å². The third-order valence-corrected chi connectivity index (χ3v) is 1.76. The van der Waals surface area contributed by atoms with Crippen LogP contribution in [0.5, 0.6) is 0 Å². The quantitative estimate of drug-likeness (QED) is 0.576. The molecule has 0 amide bonds. The van der Waals surface area contributed by atoms with Crippen molar-refractivity contribution in [2.45, 2.75) is 12.5 Å². The average molecular weight is 141 g/mol. The van der Waals surface area contributed by atoms with Gasteiger partial charge in [0.25, 0.3) is 0 Å². The van der Waals surface area contributed by atoms with Crippen LogP contribution in [0, 0.1) is 0 Å². The molecule has 0 aromatic rings. The van der Waals surface area contributed by atoms with Gasteiger partial charge in [-0.05, 0) is 6.42 Å². The molecule has 0 aromatic heterocycles. The minimum absolute atomic E-state index is 0.464. The predicted molar refractivity (Wildman–Crippen MR) is 37.8 cm³/mol. The highest BCUT2D eigenvalue weighted by molar-refractivity contribution is 5.75. The Labute approximate surface area is 59.9 Å². The first-order valence-corrected chi connectivity index (χ1v) is 3.35. The van der Waals surface area contributed by atoms with Gasteiger partial charge in [0, 0.05) is 13.1 Å². The zero-order chi connectivity index (χ0) is 7.56. The molecule has 1 aliphatic rings.